The maximum Gasteiger partial charge on any atom is 0.272 e. The van der Waals surface area contributed by atoms with Gasteiger partial charge in [-0.3, -0.25) is 14.4 Å². The van der Waals surface area contributed by atoms with Crippen LogP contribution in [0, 0.1) is 0 Å². The quantitative estimate of drug-likeness (QED) is 0.576. The van der Waals surface area contributed by atoms with Crippen LogP contribution in [0.1, 0.15) is 12.1 Å². The number of hydrogen-bond donors (Lipinski definition) is 3. The number of hydrogen-bond acceptors (Lipinski definition) is 5. The van der Waals surface area contributed by atoms with Crippen LogP contribution in [0.3, 0.4) is 0 Å². The number of nitrogens with one attached hydrogen (secondary N) is 3. The van der Waals surface area contributed by atoms with Crippen molar-refractivity contribution in [1.29, 1.82) is 0 Å². The number of para-hydroxylation sites is 2. The second-order valence-electron chi connectivity index (χ2n) is 6.07. The summed E-state index contributed by atoms with van der Waals surface area (Å²) in [6.07, 6.45) is 0.120. The topological polar surface area (TPSA) is 113 Å². The van der Waals surface area contributed by atoms with Gasteiger partial charge in [0, 0.05) is 18.4 Å². The molecule has 0 fully saturated rings. The molecule has 0 aliphatic carbocycles. The molecule has 3 aromatic rings. The highest BCUT2D eigenvalue weighted by Crippen LogP contribution is 2.22. The first-order valence-electron chi connectivity index (χ1n) is 8.74. The van der Waals surface area contributed by atoms with E-state index in [0.29, 0.717) is 27.9 Å². The van der Waals surface area contributed by atoms with Crippen LogP contribution in [0.25, 0.3) is 10.8 Å². The predicted octanol–water partition coefficient (Wildman–Crippen LogP) is 1.62. The van der Waals surface area contributed by atoms with E-state index in [0.717, 1.165) is 0 Å². The monoisotopic (exact) mass is 380 g/mol. The third kappa shape index (κ3) is 4.53. The molecule has 1 heterocycles. The van der Waals surface area contributed by atoms with Gasteiger partial charge in [-0.15, -0.1) is 0 Å². The highest BCUT2D eigenvalue weighted by molar-refractivity contribution is 5.93. The van der Waals surface area contributed by atoms with Gasteiger partial charge < -0.3 is 15.4 Å². The Balaban J connectivity index is 1.53. The van der Waals surface area contributed by atoms with Crippen molar-refractivity contribution in [1.82, 2.24) is 15.5 Å². The molecule has 28 heavy (non-hydrogen) atoms. The summed E-state index contributed by atoms with van der Waals surface area (Å²) in [7, 11) is 1.53. The van der Waals surface area contributed by atoms with Crippen LogP contribution in [-0.2, 0) is 16.0 Å². The van der Waals surface area contributed by atoms with Crippen molar-refractivity contribution >= 4 is 28.3 Å². The van der Waals surface area contributed by atoms with Gasteiger partial charge in [0.25, 0.3) is 5.56 Å². The molecule has 144 valence electrons. The Hall–Kier alpha value is -3.68. The highest BCUT2D eigenvalue weighted by atomic mass is 16.5. The smallest absolute Gasteiger partial charge is 0.272 e. The number of amides is 2. The lowest BCUT2D eigenvalue weighted by atomic mass is 10.1. The Labute approximate surface area is 160 Å². The summed E-state index contributed by atoms with van der Waals surface area (Å²) in [6.45, 7) is 0.182. The molecule has 0 saturated carbocycles. The third-order valence-corrected chi connectivity index (χ3v) is 4.16. The van der Waals surface area contributed by atoms with Crippen molar-refractivity contribution in [3.05, 3.63) is 64.6 Å². The van der Waals surface area contributed by atoms with E-state index in [1.807, 2.05) is 6.07 Å². The van der Waals surface area contributed by atoms with Crippen molar-refractivity contribution in [2.75, 3.05) is 19.0 Å². The molecule has 0 saturated heterocycles. The van der Waals surface area contributed by atoms with Gasteiger partial charge in [-0.2, -0.15) is 5.10 Å². The zero-order valence-electron chi connectivity index (χ0n) is 15.3. The van der Waals surface area contributed by atoms with Crippen molar-refractivity contribution in [3.8, 4) is 5.75 Å². The molecule has 0 aliphatic rings. The fourth-order valence-electron chi connectivity index (χ4n) is 2.80. The van der Waals surface area contributed by atoms with E-state index in [1.165, 1.54) is 7.11 Å². The second-order valence-corrected chi connectivity index (χ2v) is 6.07. The van der Waals surface area contributed by atoms with Crippen molar-refractivity contribution in [3.63, 3.8) is 0 Å². The average Bonchev–Trinajstić information content (AvgIpc) is 2.71. The van der Waals surface area contributed by atoms with Crippen molar-refractivity contribution in [2.45, 2.75) is 12.8 Å². The summed E-state index contributed by atoms with van der Waals surface area (Å²) in [5.41, 5.74) is 0.754. The molecular formula is C20H20N4O4. The molecule has 8 heteroatoms. The first-order valence-corrected chi connectivity index (χ1v) is 8.74. The largest absolute Gasteiger partial charge is 0.495 e. The number of methoxy groups -OCH3 is 1. The molecule has 3 rings (SSSR count). The van der Waals surface area contributed by atoms with Gasteiger partial charge in [0.05, 0.1) is 30.3 Å². The highest BCUT2D eigenvalue weighted by Gasteiger charge is 2.11. The van der Waals surface area contributed by atoms with E-state index in [4.69, 9.17) is 4.74 Å². The molecular weight excluding hydrogens is 360 g/mol. The normalized spacial score (nSPS) is 10.5. The van der Waals surface area contributed by atoms with E-state index in [-0.39, 0.29) is 36.8 Å². The molecule has 2 aromatic carbocycles. The van der Waals surface area contributed by atoms with Gasteiger partial charge in [-0.1, -0.05) is 30.3 Å². The first-order chi connectivity index (χ1) is 13.6. The van der Waals surface area contributed by atoms with E-state index in [2.05, 4.69) is 20.8 Å². The number of fused-ring (bicyclic) bond motifs is 1. The minimum atomic E-state index is -0.298. The lowest BCUT2D eigenvalue weighted by Gasteiger charge is -2.10. The third-order valence-electron chi connectivity index (χ3n) is 4.16. The number of aromatic amines is 1. The van der Waals surface area contributed by atoms with E-state index in [9.17, 15) is 14.4 Å². The van der Waals surface area contributed by atoms with Crippen LogP contribution in [0.5, 0.6) is 5.75 Å². The zero-order chi connectivity index (χ0) is 19.9. The molecule has 0 aliphatic heterocycles. The standard InChI is InChI=1S/C20H20N4O4/c1-28-17-9-5-4-8-15(17)22-18(25)10-11-21-19(26)12-16-13-6-2-3-7-14(13)20(27)24-23-16/h2-9H,10-12H2,1H3,(H,21,26)(H,22,25)(H,24,27). The number of ether oxygens (including phenoxy) is 1. The second kappa shape index (κ2) is 8.81. The molecule has 0 radical (unpaired) electrons. The lowest BCUT2D eigenvalue weighted by Crippen LogP contribution is -2.29. The summed E-state index contributed by atoms with van der Waals surface area (Å²) in [5.74, 6) is 0.0446. The van der Waals surface area contributed by atoms with Crippen LogP contribution in [0.2, 0.25) is 0 Å². The summed E-state index contributed by atoms with van der Waals surface area (Å²) in [6, 6.07) is 14.1. The van der Waals surface area contributed by atoms with Crippen LogP contribution < -0.4 is 20.9 Å². The molecule has 3 N–H and O–H groups in total. The van der Waals surface area contributed by atoms with Gasteiger partial charge in [0.15, 0.2) is 0 Å². The zero-order valence-corrected chi connectivity index (χ0v) is 15.3. The number of aromatic nitrogens is 2. The maximum atomic E-state index is 12.2. The number of carbonyl (C=O) groups excluding carboxylic acids is 2. The summed E-state index contributed by atoms with van der Waals surface area (Å²) in [5, 5.41) is 12.9. The molecule has 0 unspecified atom stereocenters. The predicted molar refractivity (Wildman–Crippen MR) is 105 cm³/mol. The Morgan fingerprint density at radius 1 is 1.04 bits per heavy atom. The minimum Gasteiger partial charge on any atom is -0.495 e. The van der Waals surface area contributed by atoms with E-state index < -0.39 is 0 Å². The number of benzene rings is 2. The molecule has 0 atom stereocenters. The maximum absolute atomic E-state index is 12.2. The van der Waals surface area contributed by atoms with Gasteiger partial charge >= 0.3 is 0 Å². The Kier molecular flexibility index (Phi) is 6.01. The Bertz CT molecular complexity index is 1060. The number of carbonyl (C=O) groups is 2. The Morgan fingerprint density at radius 2 is 1.75 bits per heavy atom. The Morgan fingerprint density at radius 3 is 2.54 bits per heavy atom. The van der Waals surface area contributed by atoms with Crippen LogP contribution in [0.15, 0.2) is 53.3 Å². The minimum absolute atomic E-state index is 0.00538. The van der Waals surface area contributed by atoms with E-state index >= 15 is 0 Å². The fraction of sp³-hybridized carbons (Fsp3) is 0.200. The van der Waals surface area contributed by atoms with Gasteiger partial charge in [-0.25, -0.2) is 5.10 Å². The fourth-order valence-corrected chi connectivity index (χ4v) is 2.80. The molecule has 0 bridgehead atoms. The van der Waals surface area contributed by atoms with Crippen LogP contribution in [0.4, 0.5) is 5.69 Å². The number of anilines is 1. The number of nitrogens with zero attached hydrogens (tertiary/aromatic N) is 1. The first kappa shape index (κ1) is 19.1. The van der Waals surface area contributed by atoms with Gasteiger partial charge in [-0.05, 0) is 18.2 Å². The van der Waals surface area contributed by atoms with Gasteiger partial charge in [0.2, 0.25) is 11.8 Å². The molecule has 8 nitrogen and oxygen atoms in total. The van der Waals surface area contributed by atoms with Crippen LogP contribution in [-0.4, -0.2) is 35.7 Å². The van der Waals surface area contributed by atoms with Crippen molar-refractivity contribution in [2.24, 2.45) is 0 Å². The number of rotatable bonds is 7. The summed E-state index contributed by atoms with van der Waals surface area (Å²) < 4.78 is 5.18. The average molecular weight is 380 g/mol. The SMILES string of the molecule is COc1ccccc1NC(=O)CCNC(=O)Cc1n[nH]c(=O)c2ccccc12. The van der Waals surface area contributed by atoms with Gasteiger partial charge in [0.1, 0.15) is 5.75 Å². The van der Waals surface area contributed by atoms with Crippen LogP contribution >= 0.6 is 0 Å². The molecule has 2 amide bonds. The molecule has 1 aromatic heterocycles. The summed E-state index contributed by atoms with van der Waals surface area (Å²) >= 11 is 0. The summed E-state index contributed by atoms with van der Waals surface area (Å²) in [4.78, 5) is 36.0. The van der Waals surface area contributed by atoms with Crippen molar-refractivity contribution < 1.29 is 14.3 Å². The number of H-pyrrole nitrogens is 1. The van der Waals surface area contributed by atoms with E-state index in [1.54, 1.807) is 42.5 Å². The molecule has 0 spiro atoms. The lowest BCUT2D eigenvalue weighted by molar-refractivity contribution is -0.120.